The quantitative estimate of drug-likeness (QED) is 0.798. The first-order valence-corrected chi connectivity index (χ1v) is 7.78. The van der Waals surface area contributed by atoms with Gasteiger partial charge in [-0.2, -0.15) is 0 Å². The first kappa shape index (κ1) is 17.9. The summed E-state index contributed by atoms with van der Waals surface area (Å²) < 4.78 is 5.64. The molecule has 0 aliphatic rings. The Bertz CT molecular complexity index is 425. The molecule has 0 saturated carbocycles. The summed E-state index contributed by atoms with van der Waals surface area (Å²) in [5.41, 5.74) is 2.17. The zero-order chi connectivity index (χ0) is 15.9. The van der Waals surface area contributed by atoms with Gasteiger partial charge in [0.2, 0.25) is 0 Å². The van der Waals surface area contributed by atoms with Gasteiger partial charge in [-0.25, -0.2) is 9.97 Å². The highest BCUT2D eigenvalue weighted by atomic mass is 16.5. The fourth-order valence-electron chi connectivity index (χ4n) is 1.88. The SMILES string of the molecule is CCN(CC)CCOc1ncc(CNC(C)(C)C)c(C)n1. The topological polar surface area (TPSA) is 50.3 Å². The monoisotopic (exact) mass is 294 g/mol. The predicted octanol–water partition coefficient (Wildman–Crippen LogP) is 2.39. The summed E-state index contributed by atoms with van der Waals surface area (Å²) in [6, 6.07) is 0.471. The van der Waals surface area contributed by atoms with Gasteiger partial charge in [0.25, 0.3) is 0 Å². The average molecular weight is 294 g/mol. The van der Waals surface area contributed by atoms with Crippen LogP contribution >= 0.6 is 0 Å². The number of aryl methyl sites for hydroxylation is 1. The van der Waals surface area contributed by atoms with Crippen molar-refractivity contribution in [3.05, 3.63) is 17.5 Å². The lowest BCUT2D eigenvalue weighted by molar-refractivity contribution is 0.212. The number of hydrogen-bond donors (Lipinski definition) is 1. The van der Waals surface area contributed by atoms with Gasteiger partial charge < -0.3 is 15.0 Å². The molecule has 0 fully saturated rings. The van der Waals surface area contributed by atoms with E-state index in [4.69, 9.17) is 4.74 Å². The van der Waals surface area contributed by atoms with E-state index in [-0.39, 0.29) is 5.54 Å². The van der Waals surface area contributed by atoms with Crippen molar-refractivity contribution in [1.29, 1.82) is 0 Å². The van der Waals surface area contributed by atoms with Gasteiger partial charge in [0, 0.05) is 36.1 Å². The largest absolute Gasteiger partial charge is 0.462 e. The van der Waals surface area contributed by atoms with Crippen molar-refractivity contribution in [2.75, 3.05) is 26.2 Å². The van der Waals surface area contributed by atoms with Crippen LogP contribution in [0.4, 0.5) is 0 Å². The zero-order valence-electron chi connectivity index (χ0n) is 14.4. The molecule has 0 bridgehead atoms. The van der Waals surface area contributed by atoms with Crippen molar-refractivity contribution >= 4 is 0 Å². The highest BCUT2D eigenvalue weighted by Gasteiger charge is 2.11. The molecule has 0 unspecified atom stereocenters. The van der Waals surface area contributed by atoms with Gasteiger partial charge in [-0.3, -0.25) is 0 Å². The third kappa shape index (κ3) is 6.87. The summed E-state index contributed by atoms with van der Waals surface area (Å²) in [4.78, 5) is 11.0. The van der Waals surface area contributed by atoms with Crippen LogP contribution in [0.25, 0.3) is 0 Å². The van der Waals surface area contributed by atoms with Crippen molar-refractivity contribution in [3.63, 3.8) is 0 Å². The Morgan fingerprint density at radius 3 is 2.43 bits per heavy atom. The third-order valence-electron chi connectivity index (χ3n) is 3.40. The second-order valence-corrected chi connectivity index (χ2v) is 6.24. The van der Waals surface area contributed by atoms with Crippen LogP contribution in [0.3, 0.4) is 0 Å². The standard InChI is InChI=1S/C16H30N4O/c1-7-20(8-2)9-10-21-15-17-11-14(13(3)19-15)12-18-16(4,5)6/h11,18H,7-10,12H2,1-6H3. The molecule has 0 aromatic carbocycles. The summed E-state index contributed by atoms with van der Waals surface area (Å²) in [5.74, 6) is 0. The van der Waals surface area contributed by atoms with Crippen molar-refractivity contribution in [3.8, 4) is 6.01 Å². The van der Waals surface area contributed by atoms with E-state index in [0.29, 0.717) is 12.6 Å². The van der Waals surface area contributed by atoms with E-state index in [1.165, 1.54) is 0 Å². The zero-order valence-corrected chi connectivity index (χ0v) is 14.4. The number of rotatable bonds is 8. The molecule has 1 N–H and O–H groups in total. The molecule has 1 aromatic rings. The molecule has 1 rings (SSSR count). The maximum Gasteiger partial charge on any atom is 0.316 e. The highest BCUT2D eigenvalue weighted by Crippen LogP contribution is 2.10. The van der Waals surface area contributed by atoms with E-state index >= 15 is 0 Å². The minimum absolute atomic E-state index is 0.0887. The molecule has 5 nitrogen and oxygen atoms in total. The number of likely N-dealkylation sites (N-methyl/N-ethyl adjacent to an activating group) is 1. The molecule has 1 heterocycles. The summed E-state index contributed by atoms with van der Waals surface area (Å²) in [6.45, 7) is 17.1. The molecule has 0 radical (unpaired) electrons. The first-order valence-electron chi connectivity index (χ1n) is 7.78. The minimum Gasteiger partial charge on any atom is -0.462 e. The van der Waals surface area contributed by atoms with E-state index in [1.54, 1.807) is 0 Å². The second-order valence-electron chi connectivity index (χ2n) is 6.24. The number of ether oxygens (including phenoxy) is 1. The van der Waals surface area contributed by atoms with Gasteiger partial charge in [-0.05, 0) is 40.8 Å². The Balaban J connectivity index is 2.50. The molecule has 0 amide bonds. The summed E-state index contributed by atoms with van der Waals surface area (Å²) in [5, 5.41) is 3.44. The number of nitrogens with one attached hydrogen (secondary N) is 1. The normalized spacial score (nSPS) is 12.0. The molecule has 5 heteroatoms. The lowest BCUT2D eigenvalue weighted by atomic mass is 10.1. The molecule has 0 saturated heterocycles. The van der Waals surface area contributed by atoms with E-state index < -0.39 is 0 Å². The van der Waals surface area contributed by atoms with Crippen LogP contribution < -0.4 is 10.1 Å². The summed E-state index contributed by atoms with van der Waals surface area (Å²) >= 11 is 0. The smallest absolute Gasteiger partial charge is 0.316 e. The van der Waals surface area contributed by atoms with Crippen LogP contribution in [0, 0.1) is 6.92 Å². The Hall–Kier alpha value is -1.20. The van der Waals surface area contributed by atoms with Crippen molar-refractivity contribution < 1.29 is 4.74 Å². The van der Waals surface area contributed by atoms with Crippen LogP contribution in [0.15, 0.2) is 6.20 Å². The molecule has 21 heavy (non-hydrogen) atoms. The predicted molar refractivity (Wildman–Crippen MR) is 86.6 cm³/mol. The molecule has 1 aromatic heterocycles. The van der Waals surface area contributed by atoms with Crippen LogP contribution in [0.5, 0.6) is 6.01 Å². The van der Waals surface area contributed by atoms with E-state index in [9.17, 15) is 0 Å². The number of hydrogen-bond acceptors (Lipinski definition) is 5. The third-order valence-corrected chi connectivity index (χ3v) is 3.40. The Labute approximate surface area is 129 Å². The van der Waals surface area contributed by atoms with Gasteiger partial charge in [0.15, 0.2) is 0 Å². The van der Waals surface area contributed by atoms with Crippen molar-refractivity contribution in [2.45, 2.75) is 53.6 Å². The fourth-order valence-corrected chi connectivity index (χ4v) is 1.88. The maximum absolute atomic E-state index is 5.64. The minimum atomic E-state index is 0.0887. The first-order chi connectivity index (χ1) is 9.85. The van der Waals surface area contributed by atoms with Gasteiger partial charge in [0.05, 0.1) is 0 Å². The van der Waals surface area contributed by atoms with E-state index in [1.807, 2.05) is 13.1 Å². The lowest BCUT2D eigenvalue weighted by Crippen LogP contribution is -2.35. The average Bonchev–Trinajstić information content (AvgIpc) is 2.41. The number of nitrogens with zero attached hydrogens (tertiary/aromatic N) is 3. The fraction of sp³-hybridized carbons (Fsp3) is 0.750. The number of aromatic nitrogens is 2. The molecular formula is C16H30N4O. The molecule has 0 spiro atoms. The molecule has 120 valence electrons. The van der Waals surface area contributed by atoms with Gasteiger partial charge in [0.1, 0.15) is 6.61 Å². The maximum atomic E-state index is 5.64. The Morgan fingerprint density at radius 2 is 1.90 bits per heavy atom. The summed E-state index contributed by atoms with van der Waals surface area (Å²) in [7, 11) is 0. The second kappa shape index (κ2) is 8.29. The molecular weight excluding hydrogens is 264 g/mol. The molecule has 0 atom stereocenters. The Kier molecular flexibility index (Phi) is 7.05. The van der Waals surface area contributed by atoms with Crippen LogP contribution in [-0.2, 0) is 6.54 Å². The molecule has 0 aliphatic heterocycles. The van der Waals surface area contributed by atoms with Crippen LogP contribution in [0.2, 0.25) is 0 Å². The van der Waals surface area contributed by atoms with Crippen LogP contribution in [0.1, 0.15) is 45.9 Å². The van der Waals surface area contributed by atoms with Gasteiger partial charge in [-0.1, -0.05) is 13.8 Å². The highest BCUT2D eigenvalue weighted by molar-refractivity contribution is 5.17. The molecule has 0 aliphatic carbocycles. The van der Waals surface area contributed by atoms with Gasteiger partial charge >= 0.3 is 6.01 Å². The van der Waals surface area contributed by atoms with Crippen LogP contribution in [-0.4, -0.2) is 46.6 Å². The van der Waals surface area contributed by atoms with Gasteiger partial charge in [-0.15, -0.1) is 0 Å². The van der Waals surface area contributed by atoms with Crippen molar-refractivity contribution in [1.82, 2.24) is 20.2 Å². The Morgan fingerprint density at radius 1 is 1.24 bits per heavy atom. The van der Waals surface area contributed by atoms with E-state index in [0.717, 1.165) is 37.4 Å². The lowest BCUT2D eigenvalue weighted by Gasteiger charge is -2.21. The van der Waals surface area contributed by atoms with Crippen molar-refractivity contribution in [2.24, 2.45) is 0 Å². The summed E-state index contributed by atoms with van der Waals surface area (Å²) in [6.07, 6.45) is 1.85. The van der Waals surface area contributed by atoms with E-state index in [2.05, 4.69) is 54.8 Å².